The third kappa shape index (κ3) is 3.15. The van der Waals surface area contributed by atoms with Crippen LogP contribution in [0.3, 0.4) is 0 Å². The first kappa shape index (κ1) is 18.5. The molecule has 1 heterocycles. The van der Waals surface area contributed by atoms with Crippen LogP contribution in [0.4, 0.5) is 0 Å². The maximum absolute atomic E-state index is 12.2. The van der Waals surface area contributed by atoms with Crippen LogP contribution in [-0.4, -0.2) is 15.2 Å². The van der Waals surface area contributed by atoms with Crippen LogP contribution in [0.2, 0.25) is 0 Å². The van der Waals surface area contributed by atoms with Gasteiger partial charge in [-0.2, -0.15) is 0 Å². The molecule has 0 aromatic heterocycles. The summed E-state index contributed by atoms with van der Waals surface area (Å²) in [7, 11) is -3.89. The Morgan fingerprint density at radius 1 is 0.821 bits per heavy atom. The Hall–Kier alpha value is -2.83. The van der Waals surface area contributed by atoms with Crippen molar-refractivity contribution in [3.05, 3.63) is 65.2 Å². The van der Waals surface area contributed by atoms with Crippen molar-refractivity contribution in [1.82, 2.24) is 0 Å². The van der Waals surface area contributed by atoms with Crippen molar-refractivity contribution in [3.8, 4) is 33.8 Å². The monoisotopic (exact) mass is 395 g/mol. The predicted molar refractivity (Wildman–Crippen MR) is 109 cm³/mol. The van der Waals surface area contributed by atoms with E-state index in [0.29, 0.717) is 17.1 Å². The van der Waals surface area contributed by atoms with Gasteiger partial charge in [0.25, 0.3) is 0 Å². The van der Waals surface area contributed by atoms with Crippen molar-refractivity contribution < 1.29 is 17.9 Å². The molecule has 5 nitrogen and oxygen atoms in total. The average Bonchev–Trinajstić information content (AvgIpc) is 3.11. The number of benzene rings is 3. The van der Waals surface area contributed by atoms with Crippen molar-refractivity contribution in [2.24, 2.45) is 5.14 Å². The van der Waals surface area contributed by atoms with Crippen LogP contribution in [0.15, 0.2) is 53.4 Å². The van der Waals surface area contributed by atoms with Crippen LogP contribution >= 0.6 is 0 Å². The van der Waals surface area contributed by atoms with Crippen LogP contribution in [0, 0.1) is 20.8 Å². The molecule has 1 aliphatic heterocycles. The van der Waals surface area contributed by atoms with Gasteiger partial charge in [-0.25, -0.2) is 13.6 Å². The Morgan fingerprint density at radius 2 is 1.39 bits per heavy atom. The van der Waals surface area contributed by atoms with Crippen molar-refractivity contribution in [2.75, 3.05) is 6.79 Å². The molecule has 0 radical (unpaired) electrons. The molecule has 144 valence electrons. The van der Waals surface area contributed by atoms with Crippen LogP contribution in [0.5, 0.6) is 11.5 Å². The van der Waals surface area contributed by atoms with Gasteiger partial charge in [0, 0.05) is 5.56 Å². The van der Waals surface area contributed by atoms with E-state index in [2.05, 4.69) is 32.9 Å². The number of ether oxygens (including phenoxy) is 2. The number of nitrogens with two attached hydrogens (primary N) is 1. The van der Waals surface area contributed by atoms with Gasteiger partial charge in [0.15, 0.2) is 11.5 Å². The van der Waals surface area contributed by atoms with E-state index >= 15 is 0 Å². The molecule has 3 aromatic carbocycles. The molecule has 3 aromatic rings. The van der Waals surface area contributed by atoms with E-state index in [9.17, 15) is 8.42 Å². The molecule has 28 heavy (non-hydrogen) atoms. The van der Waals surface area contributed by atoms with E-state index < -0.39 is 10.0 Å². The predicted octanol–water partition coefficient (Wildman–Crippen LogP) is 4.32. The summed E-state index contributed by atoms with van der Waals surface area (Å²) in [6.45, 7) is 6.36. The normalized spacial score (nSPS) is 13.0. The summed E-state index contributed by atoms with van der Waals surface area (Å²) in [6, 6.07) is 14.7. The van der Waals surface area contributed by atoms with Crippen LogP contribution in [0.1, 0.15) is 16.7 Å². The second kappa shape index (κ2) is 6.65. The van der Waals surface area contributed by atoms with E-state index in [1.165, 1.54) is 22.8 Å². The summed E-state index contributed by atoms with van der Waals surface area (Å²) in [6.07, 6.45) is 0. The Kier molecular flexibility index (Phi) is 4.40. The SMILES string of the molecule is Cc1cc(-c2cc3c(cc2-c2ccccc2S(N)(=O)=O)OCO3)cc(C)c1C. The second-order valence-electron chi connectivity index (χ2n) is 7.03. The number of primary sulfonamides is 1. The van der Waals surface area contributed by atoms with Gasteiger partial charge >= 0.3 is 0 Å². The first-order valence-corrected chi connectivity index (χ1v) is 10.4. The molecule has 0 unspecified atom stereocenters. The van der Waals surface area contributed by atoms with Crippen molar-refractivity contribution in [3.63, 3.8) is 0 Å². The molecule has 0 atom stereocenters. The molecule has 0 saturated carbocycles. The number of hydrogen-bond donors (Lipinski definition) is 1. The standard InChI is InChI=1S/C22H21NO4S/c1-13-8-16(9-14(2)15(13)3)18-10-20-21(27-12-26-20)11-19(18)17-6-4-5-7-22(17)28(23,24)25/h4-11H,12H2,1-3H3,(H2,23,24,25). The summed E-state index contributed by atoms with van der Waals surface area (Å²) < 4.78 is 35.5. The zero-order valence-corrected chi connectivity index (χ0v) is 16.8. The number of aryl methyl sites for hydroxylation is 2. The number of rotatable bonds is 3. The third-order valence-electron chi connectivity index (χ3n) is 5.23. The van der Waals surface area contributed by atoms with Gasteiger partial charge in [-0.15, -0.1) is 0 Å². The minimum Gasteiger partial charge on any atom is -0.454 e. The fraction of sp³-hybridized carbons (Fsp3) is 0.182. The summed E-state index contributed by atoms with van der Waals surface area (Å²) in [4.78, 5) is 0.0793. The summed E-state index contributed by atoms with van der Waals surface area (Å²) in [5, 5.41) is 5.48. The minimum absolute atomic E-state index is 0.0793. The average molecular weight is 395 g/mol. The van der Waals surface area contributed by atoms with Gasteiger partial charge in [0.1, 0.15) is 0 Å². The molecule has 0 aliphatic carbocycles. The Bertz CT molecular complexity index is 1180. The quantitative estimate of drug-likeness (QED) is 0.716. The molecule has 0 bridgehead atoms. The summed E-state index contributed by atoms with van der Waals surface area (Å²) in [5.74, 6) is 1.23. The molecule has 6 heteroatoms. The minimum atomic E-state index is -3.89. The van der Waals surface area contributed by atoms with E-state index in [1.54, 1.807) is 18.2 Å². The van der Waals surface area contributed by atoms with Crippen LogP contribution in [0.25, 0.3) is 22.3 Å². The summed E-state index contributed by atoms with van der Waals surface area (Å²) in [5.41, 5.74) is 6.68. The van der Waals surface area contributed by atoms with Gasteiger partial charge < -0.3 is 9.47 Å². The highest BCUT2D eigenvalue weighted by molar-refractivity contribution is 7.89. The maximum atomic E-state index is 12.2. The summed E-state index contributed by atoms with van der Waals surface area (Å²) >= 11 is 0. The Balaban J connectivity index is 2.05. The molecule has 0 spiro atoms. The van der Waals surface area contributed by atoms with Crippen molar-refractivity contribution in [2.45, 2.75) is 25.7 Å². The lowest BCUT2D eigenvalue weighted by atomic mass is 9.90. The molecule has 0 fully saturated rings. The number of hydrogen-bond acceptors (Lipinski definition) is 4. The van der Waals surface area contributed by atoms with Gasteiger partial charge in [-0.05, 0) is 72.4 Å². The van der Waals surface area contributed by atoms with Crippen molar-refractivity contribution in [1.29, 1.82) is 0 Å². The highest BCUT2D eigenvalue weighted by Gasteiger charge is 2.23. The lowest BCUT2D eigenvalue weighted by molar-refractivity contribution is 0.174. The van der Waals surface area contributed by atoms with Crippen LogP contribution < -0.4 is 14.6 Å². The molecule has 1 aliphatic rings. The fourth-order valence-corrected chi connectivity index (χ4v) is 4.28. The molecule has 2 N–H and O–H groups in total. The van der Waals surface area contributed by atoms with E-state index in [-0.39, 0.29) is 11.7 Å². The van der Waals surface area contributed by atoms with E-state index in [4.69, 9.17) is 14.6 Å². The number of sulfonamides is 1. The molecule has 0 saturated heterocycles. The zero-order chi connectivity index (χ0) is 20.1. The lowest BCUT2D eigenvalue weighted by Gasteiger charge is -2.16. The second-order valence-corrected chi connectivity index (χ2v) is 8.56. The topological polar surface area (TPSA) is 78.6 Å². The molecule has 4 rings (SSSR count). The number of fused-ring (bicyclic) bond motifs is 1. The van der Waals surface area contributed by atoms with Gasteiger partial charge in [0.2, 0.25) is 16.8 Å². The Labute approximate surface area is 164 Å². The van der Waals surface area contributed by atoms with Crippen molar-refractivity contribution >= 4 is 10.0 Å². The zero-order valence-electron chi connectivity index (χ0n) is 15.9. The lowest BCUT2D eigenvalue weighted by Crippen LogP contribution is -2.13. The molecular formula is C22H21NO4S. The van der Waals surface area contributed by atoms with E-state index in [0.717, 1.165) is 16.7 Å². The largest absolute Gasteiger partial charge is 0.454 e. The Morgan fingerprint density at radius 3 is 2.00 bits per heavy atom. The molecule has 0 amide bonds. The highest BCUT2D eigenvalue weighted by atomic mass is 32.2. The third-order valence-corrected chi connectivity index (χ3v) is 6.20. The highest BCUT2D eigenvalue weighted by Crippen LogP contribution is 2.44. The van der Waals surface area contributed by atoms with E-state index in [1.807, 2.05) is 12.1 Å². The van der Waals surface area contributed by atoms with Gasteiger partial charge in [0.05, 0.1) is 4.90 Å². The van der Waals surface area contributed by atoms with Crippen LogP contribution in [-0.2, 0) is 10.0 Å². The fourth-order valence-electron chi connectivity index (χ4n) is 3.53. The first-order valence-electron chi connectivity index (χ1n) is 8.90. The first-order chi connectivity index (χ1) is 13.3. The van der Waals surface area contributed by atoms with Gasteiger partial charge in [-0.1, -0.05) is 30.3 Å². The van der Waals surface area contributed by atoms with Gasteiger partial charge in [-0.3, -0.25) is 0 Å². The molecular weight excluding hydrogens is 374 g/mol. The smallest absolute Gasteiger partial charge is 0.238 e. The maximum Gasteiger partial charge on any atom is 0.238 e.